The van der Waals surface area contributed by atoms with Gasteiger partial charge in [-0.15, -0.1) is 0 Å². The Balaban J connectivity index is 1.66. The van der Waals surface area contributed by atoms with E-state index in [1.807, 2.05) is 37.3 Å². The van der Waals surface area contributed by atoms with Crippen LogP contribution in [-0.4, -0.2) is 64.0 Å². The number of hydrogen-bond acceptors (Lipinski definition) is 6. The molecule has 1 aliphatic heterocycles. The topological polar surface area (TPSA) is 105 Å². The maximum absolute atomic E-state index is 14.0. The second-order valence-corrected chi connectivity index (χ2v) is 11.7. The number of carbonyl (C=O) groups excluding carboxylic acids is 2. The quantitative estimate of drug-likeness (QED) is 0.307. The van der Waals surface area contributed by atoms with E-state index >= 15 is 0 Å². The molecule has 2 amide bonds. The number of fused-ring (bicyclic) bond motifs is 1. The molecule has 0 spiro atoms. The number of nitrogens with one attached hydrogen (secondary N) is 1. The number of ether oxygens (including phenoxy) is 2. The van der Waals surface area contributed by atoms with E-state index in [-0.39, 0.29) is 23.0 Å². The van der Waals surface area contributed by atoms with Crippen molar-refractivity contribution >= 4 is 27.5 Å². The lowest BCUT2D eigenvalue weighted by molar-refractivity contribution is -0.138. The first-order chi connectivity index (χ1) is 19.8. The Morgan fingerprint density at radius 2 is 1.59 bits per heavy atom. The zero-order valence-corrected chi connectivity index (χ0v) is 24.3. The summed E-state index contributed by atoms with van der Waals surface area (Å²) in [5.41, 5.74) is 1.26. The maximum Gasteiger partial charge on any atom is 0.264 e. The van der Waals surface area contributed by atoms with E-state index in [1.165, 1.54) is 17.0 Å². The third-order valence-corrected chi connectivity index (χ3v) is 8.69. The molecule has 0 radical (unpaired) electrons. The van der Waals surface area contributed by atoms with Crippen molar-refractivity contribution in [1.82, 2.24) is 10.2 Å². The average Bonchev–Trinajstić information content (AvgIpc) is 3.00. The highest BCUT2D eigenvalue weighted by Gasteiger charge is 2.33. The molecule has 41 heavy (non-hydrogen) atoms. The van der Waals surface area contributed by atoms with Crippen LogP contribution in [0.2, 0.25) is 0 Å². The molecule has 0 aromatic heterocycles. The van der Waals surface area contributed by atoms with Gasteiger partial charge in [-0.2, -0.15) is 0 Å². The summed E-state index contributed by atoms with van der Waals surface area (Å²) in [5, 5.41) is 2.90. The maximum atomic E-state index is 14.0. The summed E-state index contributed by atoms with van der Waals surface area (Å²) in [6.45, 7) is 4.68. The van der Waals surface area contributed by atoms with Gasteiger partial charge in [-0.1, -0.05) is 61.9 Å². The third-order valence-electron chi connectivity index (χ3n) is 6.90. The molecule has 10 heteroatoms. The van der Waals surface area contributed by atoms with E-state index < -0.39 is 28.5 Å². The summed E-state index contributed by atoms with van der Waals surface area (Å²) in [5.74, 6) is 0.134. The first-order valence-electron chi connectivity index (χ1n) is 13.9. The largest absolute Gasteiger partial charge is 0.486 e. The van der Waals surface area contributed by atoms with Crippen LogP contribution in [0.15, 0.2) is 83.8 Å². The lowest BCUT2D eigenvalue weighted by atomic mass is 10.1. The number of amides is 2. The summed E-state index contributed by atoms with van der Waals surface area (Å²) >= 11 is 0. The van der Waals surface area contributed by atoms with Gasteiger partial charge in [0, 0.05) is 19.2 Å². The lowest BCUT2D eigenvalue weighted by Crippen LogP contribution is -2.52. The molecule has 1 atom stereocenters. The Bertz CT molecular complexity index is 1420. The molecule has 3 aromatic carbocycles. The van der Waals surface area contributed by atoms with Gasteiger partial charge in [0.1, 0.15) is 25.8 Å². The Labute approximate surface area is 242 Å². The second-order valence-electron chi connectivity index (χ2n) is 9.80. The van der Waals surface area contributed by atoms with Gasteiger partial charge in [0.15, 0.2) is 11.5 Å². The van der Waals surface area contributed by atoms with Gasteiger partial charge in [0.25, 0.3) is 10.0 Å². The molecule has 1 aliphatic rings. The molecule has 0 saturated carbocycles. The average molecular weight is 580 g/mol. The van der Waals surface area contributed by atoms with E-state index in [0.29, 0.717) is 37.7 Å². The van der Waals surface area contributed by atoms with Crippen molar-refractivity contribution < 1.29 is 27.5 Å². The summed E-state index contributed by atoms with van der Waals surface area (Å²) < 4.78 is 40.2. The highest BCUT2D eigenvalue weighted by atomic mass is 32.2. The smallest absolute Gasteiger partial charge is 0.264 e. The highest BCUT2D eigenvalue weighted by Crippen LogP contribution is 2.35. The first-order valence-corrected chi connectivity index (χ1v) is 15.3. The van der Waals surface area contributed by atoms with Crippen LogP contribution in [0.1, 0.15) is 32.3 Å². The number of anilines is 1. The molecule has 218 valence electrons. The number of hydrogen-bond donors (Lipinski definition) is 1. The zero-order chi connectivity index (χ0) is 29.2. The van der Waals surface area contributed by atoms with Crippen LogP contribution in [0.3, 0.4) is 0 Å². The number of sulfonamides is 1. The molecule has 9 nitrogen and oxygen atoms in total. The lowest BCUT2D eigenvalue weighted by Gasteiger charge is -2.32. The summed E-state index contributed by atoms with van der Waals surface area (Å²) in [6, 6.07) is 21.6. The van der Waals surface area contributed by atoms with Crippen LogP contribution in [0.5, 0.6) is 11.5 Å². The van der Waals surface area contributed by atoms with Crippen molar-refractivity contribution in [2.24, 2.45) is 0 Å². The third kappa shape index (κ3) is 7.58. The predicted octanol–water partition coefficient (Wildman–Crippen LogP) is 4.03. The van der Waals surface area contributed by atoms with Gasteiger partial charge in [-0.3, -0.25) is 13.9 Å². The molecule has 0 bridgehead atoms. The highest BCUT2D eigenvalue weighted by molar-refractivity contribution is 7.92. The van der Waals surface area contributed by atoms with Crippen molar-refractivity contribution in [2.45, 2.75) is 44.0 Å². The molecule has 4 rings (SSSR count). The van der Waals surface area contributed by atoms with Crippen molar-refractivity contribution in [2.75, 3.05) is 37.2 Å². The van der Waals surface area contributed by atoms with E-state index in [2.05, 4.69) is 5.32 Å². The standard InChI is InChI=1S/C31H37N3O6S/c1-3-4-18-32-31(36)24(2)33(19-17-25-11-7-5-8-12-25)30(35)23-34(41(37,38)27-13-9-6-10-14-27)26-15-16-28-29(22-26)40-21-20-39-28/h5-16,22,24H,3-4,17-21,23H2,1-2H3,(H,32,36)/t24-/m0/s1. The normalized spacial score (nSPS) is 13.2. The van der Waals surface area contributed by atoms with Crippen LogP contribution in [0.25, 0.3) is 0 Å². The van der Waals surface area contributed by atoms with E-state index in [0.717, 1.165) is 22.7 Å². The summed E-state index contributed by atoms with van der Waals surface area (Å²) in [6.07, 6.45) is 2.26. The molecule has 3 aromatic rings. The number of unbranched alkanes of at least 4 members (excludes halogenated alkanes) is 1. The van der Waals surface area contributed by atoms with Gasteiger partial charge in [-0.05, 0) is 49.6 Å². The van der Waals surface area contributed by atoms with Crippen LogP contribution < -0.4 is 19.1 Å². The molecule has 1 heterocycles. The summed E-state index contributed by atoms with van der Waals surface area (Å²) in [4.78, 5) is 28.5. The molecular weight excluding hydrogens is 542 g/mol. The fraction of sp³-hybridized carbons (Fsp3) is 0.355. The fourth-order valence-electron chi connectivity index (χ4n) is 4.54. The summed E-state index contributed by atoms with van der Waals surface area (Å²) in [7, 11) is -4.15. The van der Waals surface area contributed by atoms with Crippen molar-refractivity contribution in [3.05, 3.63) is 84.4 Å². The minimum absolute atomic E-state index is 0.0453. The predicted molar refractivity (Wildman–Crippen MR) is 158 cm³/mol. The van der Waals surface area contributed by atoms with Crippen molar-refractivity contribution in [3.63, 3.8) is 0 Å². The Morgan fingerprint density at radius 3 is 2.27 bits per heavy atom. The van der Waals surface area contributed by atoms with E-state index in [1.54, 1.807) is 43.3 Å². The van der Waals surface area contributed by atoms with Gasteiger partial charge in [0.05, 0.1) is 10.6 Å². The van der Waals surface area contributed by atoms with Gasteiger partial charge < -0.3 is 19.7 Å². The van der Waals surface area contributed by atoms with Gasteiger partial charge >= 0.3 is 0 Å². The van der Waals surface area contributed by atoms with E-state index in [4.69, 9.17) is 9.47 Å². The van der Waals surface area contributed by atoms with Crippen LogP contribution >= 0.6 is 0 Å². The fourth-order valence-corrected chi connectivity index (χ4v) is 5.97. The minimum atomic E-state index is -4.15. The first kappa shape index (κ1) is 29.9. The Morgan fingerprint density at radius 1 is 0.927 bits per heavy atom. The van der Waals surface area contributed by atoms with Crippen LogP contribution in [-0.2, 0) is 26.0 Å². The van der Waals surface area contributed by atoms with Crippen molar-refractivity contribution in [1.29, 1.82) is 0 Å². The van der Waals surface area contributed by atoms with Crippen LogP contribution in [0, 0.1) is 0 Å². The number of rotatable bonds is 13. The van der Waals surface area contributed by atoms with Gasteiger partial charge in [0.2, 0.25) is 11.8 Å². The molecular formula is C31H37N3O6S. The Hall–Kier alpha value is -4.05. The monoisotopic (exact) mass is 579 g/mol. The number of carbonyl (C=O) groups is 2. The van der Waals surface area contributed by atoms with E-state index in [9.17, 15) is 18.0 Å². The minimum Gasteiger partial charge on any atom is -0.486 e. The van der Waals surface area contributed by atoms with Gasteiger partial charge in [-0.25, -0.2) is 8.42 Å². The molecule has 0 saturated heterocycles. The molecule has 1 N–H and O–H groups in total. The molecule has 0 unspecified atom stereocenters. The number of nitrogens with zero attached hydrogens (tertiary/aromatic N) is 2. The SMILES string of the molecule is CCCCNC(=O)[C@H](C)N(CCc1ccccc1)C(=O)CN(c1ccc2c(c1)OCCO2)S(=O)(=O)c1ccccc1. The second kappa shape index (κ2) is 14.0. The molecule has 0 fully saturated rings. The molecule has 0 aliphatic carbocycles. The zero-order valence-electron chi connectivity index (χ0n) is 23.5. The van der Waals surface area contributed by atoms with Crippen LogP contribution in [0.4, 0.5) is 5.69 Å². The number of benzene rings is 3. The van der Waals surface area contributed by atoms with Crippen molar-refractivity contribution in [3.8, 4) is 11.5 Å². The Kier molecular flexibility index (Phi) is 10.2.